The zero-order valence-corrected chi connectivity index (χ0v) is 12.4. The first-order chi connectivity index (χ1) is 10.2. The molecule has 1 amide bonds. The lowest BCUT2D eigenvalue weighted by Crippen LogP contribution is -2.37. The number of hydrazine groups is 1. The van der Waals surface area contributed by atoms with Crippen LogP contribution in [0.5, 0.6) is 0 Å². The van der Waals surface area contributed by atoms with Crippen LogP contribution >= 0.6 is 0 Å². The van der Waals surface area contributed by atoms with Crippen molar-refractivity contribution in [1.29, 1.82) is 0 Å². The molecule has 8 heteroatoms. The summed E-state index contributed by atoms with van der Waals surface area (Å²) >= 11 is 0. The van der Waals surface area contributed by atoms with Crippen molar-refractivity contribution >= 4 is 5.91 Å². The maximum atomic E-state index is 11.3. The van der Waals surface area contributed by atoms with Crippen molar-refractivity contribution < 1.29 is 4.79 Å². The molecule has 1 aromatic rings. The van der Waals surface area contributed by atoms with E-state index in [9.17, 15) is 4.79 Å². The van der Waals surface area contributed by atoms with Gasteiger partial charge in [-0.05, 0) is 32.9 Å². The van der Waals surface area contributed by atoms with E-state index in [4.69, 9.17) is 5.84 Å². The van der Waals surface area contributed by atoms with Gasteiger partial charge >= 0.3 is 0 Å². The lowest BCUT2D eigenvalue weighted by atomic mass is 10.1. The van der Waals surface area contributed by atoms with E-state index in [-0.39, 0.29) is 5.69 Å². The number of fused-ring (bicyclic) bond motifs is 2. The number of rotatable bonds is 4. The van der Waals surface area contributed by atoms with Crippen molar-refractivity contribution in [1.82, 2.24) is 30.2 Å². The molecule has 0 saturated carbocycles. The Balaban J connectivity index is 1.53. The van der Waals surface area contributed by atoms with Gasteiger partial charge in [-0.2, -0.15) is 0 Å². The Kier molecular flexibility index (Phi) is 4.18. The van der Waals surface area contributed by atoms with Crippen LogP contribution in [0.25, 0.3) is 0 Å². The van der Waals surface area contributed by atoms with Gasteiger partial charge in [0.1, 0.15) is 0 Å². The van der Waals surface area contributed by atoms with E-state index in [1.807, 2.05) is 0 Å². The first kappa shape index (κ1) is 14.4. The molecule has 2 saturated heterocycles. The molecule has 2 aliphatic heterocycles. The SMILES string of the molecule is CN1C2CCC1CN(CCn1cc(C(=O)NN)nn1)CC2. The molecule has 2 bridgehead atoms. The fourth-order valence-electron chi connectivity index (χ4n) is 3.41. The monoisotopic (exact) mass is 293 g/mol. The van der Waals surface area contributed by atoms with E-state index < -0.39 is 5.91 Å². The highest BCUT2D eigenvalue weighted by atomic mass is 16.2. The highest BCUT2D eigenvalue weighted by molar-refractivity contribution is 5.91. The Labute approximate surface area is 124 Å². The van der Waals surface area contributed by atoms with Gasteiger partial charge in [0.05, 0.1) is 12.7 Å². The topological polar surface area (TPSA) is 92.3 Å². The molecule has 0 aromatic carbocycles. The van der Waals surface area contributed by atoms with Gasteiger partial charge < -0.3 is 0 Å². The first-order valence-electron chi connectivity index (χ1n) is 7.52. The van der Waals surface area contributed by atoms with Crippen LogP contribution in [0.2, 0.25) is 0 Å². The number of nitrogens with two attached hydrogens (primary N) is 1. The summed E-state index contributed by atoms with van der Waals surface area (Å²) in [6.07, 6.45) is 5.53. The van der Waals surface area contributed by atoms with Crippen LogP contribution in [0, 0.1) is 0 Å². The maximum Gasteiger partial charge on any atom is 0.287 e. The Morgan fingerprint density at radius 3 is 3.00 bits per heavy atom. The normalized spacial score (nSPS) is 26.8. The summed E-state index contributed by atoms with van der Waals surface area (Å²) < 4.78 is 1.71. The minimum absolute atomic E-state index is 0.257. The fourth-order valence-corrected chi connectivity index (χ4v) is 3.41. The van der Waals surface area contributed by atoms with E-state index >= 15 is 0 Å². The highest BCUT2D eigenvalue weighted by Gasteiger charge is 2.34. The summed E-state index contributed by atoms with van der Waals surface area (Å²) in [5.74, 6) is 4.67. The number of nitrogens with one attached hydrogen (secondary N) is 1. The van der Waals surface area contributed by atoms with Crippen LogP contribution < -0.4 is 11.3 Å². The van der Waals surface area contributed by atoms with Gasteiger partial charge in [-0.15, -0.1) is 5.10 Å². The Morgan fingerprint density at radius 1 is 1.38 bits per heavy atom. The van der Waals surface area contributed by atoms with Crippen LogP contribution in [0.15, 0.2) is 6.20 Å². The standard InChI is InChI=1S/C13H23N7O/c1-18-10-2-3-11(18)8-19(5-4-10)6-7-20-9-12(16-17-20)13(21)15-14/h9-11H,2-8,14H2,1H3,(H,15,21). The number of nitrogen functional groups attached to an aromatic ring is 1. The van der Waals surface area contributed by atoms with E-state index in [0.717, 1.165) is 32.2 Å². The van der Waals surface area contributed by atoms with Crippen LogP contribution in [-0.4, -0.2) is 69.5 Å². The predicted molar refractivity (Wildman–Crippen MR) is 77.3 cm³/mol. The number of likely N-dealkylation sites (tertiary alicyclic amines) is 1. The molecule has 0 radical (unpaired) electrons. The molecule has 1 aromatic heterocycles. The van der Waals surface area contributed by atoms with Crippen LogP contribution in [0.3, 0.4) is 0 Å². The van der Waals surface area contributed by atoms with Crippen molar-refractivity contribution in [3.05, 3.63) is 11.9 Å². The Bertz CT molecular complexity index is 502. The van der Waals surface area contributed by atoms with Gasteiger partial charge in [0.25, 0.3) is 5.91 Å². The number of carbonyl (C=O) groups is 1. The lowest BCUT2D eigenvalue weighted by molar-refractivity contribution is 0.0948. The molecule has 2 aliphatic rings. The average Bonchev–Trinajstić information content (AvgIpc) is 3.03. The number of amides is 1. The summed E-state index contributed by atoms with van der Waals surface area (Å²) in [5.41, 5.74) is 2.32. The Morgan fingerprint density at radius 2 is 2.19 bits per heavy atom. The molecule has 21 heavy (non-hydrogen) atoms. The molecular formula is C13H23N7O. The van der Waals surface area contributed by atoms with E-state index in [0.29, 0.717) is 6.04 Å². The highest BCUT2D eigenvalue weighted by Crippen LogP contribution is 2.28. The number of nitrogens with zero attached hydrogens (tertiary/aromatic N) is 5. The second-order valence-electron chi connectivity index (χ2n) is 5.98. The van der Waals surface area contributed by atoms with Gasteiger partial charge in [0.2, 0.25) is 0 Å². The smallest absolute Gasteiger partial charge is 0.287 e. The number of likely N-dealkylation sites (N-methyl/N-ethyl adjacent to an activating group) is 1. The second kappa shape index (κ2) is 6.08. The third-order valence-electron chi connectivity index (χ3n) is 4.78. The van der Waals surface area contributed by atoms with E-state index in [1.54, 1.807) is 10.9 Å². The predicted octanol–water partition coefficient (Wildman–Crippen LogP) is -0.950. The van der Waals surface area contributed by atoms with Crippen LogP contribution in [0.4, 0.5) is 0 Å². The van der Waals surface area contributed by atoms with Crippen molar-refractivity contribution in [2.45, 2.75) is 37.9 Å². The van der Waals surface area contributed by atoms with Crippen LogP contribution in [0.1, 0.15) is 29.8 Å². The minimum Gasteiger partial charge on any atom is -0.300 e. The summed E-state index contributed by atoms with van der Waals surface area (Å²) in [6.45, 7) is 3.93. The minimum atomic E-state index is -0.407. The zero-order valence-electron chi connectivity index (χ0n) is 12.4. The van der Waals surface area contributed by atoms with Gasteiger partial charge in [0.15, 0.2) is 5.69 Å². The average molecular weight is 293 g/mol. The number of hydrogen-bond donors (Lipinski definition) is 2. The van der Waals surface area contributed by atoms with Crippen molar-refractivity contribution in [3.63, 3.8) is 0 Å². The zero-order chi connectivity index (χ0) is 14.8. The van der Waals surface area contributed by atoms with Crippen molar-refractivity contribution in [2.75, 3.05) is 26.7 Å². The summed E-state index contributed by atoms with van der Waals surface area (Å²) in [5, 5.41) is 7.78. The van der Waals surface area contributed by atoms with E-state index in [1.165, 1.54) is 19.3 Å². The summed E-state index contributed by atoms with van der Waals surface area (Å²) in [7, 11) is 2.25. The Hall–Kier alpha value is -1.51. The van der Waals surface area contributed by atoms with Crippen molar-refractivity contribution in [3.8, 4) is 0 Å². The number of aromatic nitrogens is 3. The van der Waals surface area contributed by atoms with Crippen LogP contribution in [-0.2, 0) is 6.54 Å². The summed E-state index contributed by atoms with van der Waals surface area (Å²) in [4.78, 5) is 16.4. The molecule has 3 heterocycles. The van der Waals surface area contributed by atoms with Gasteiger partial charge in [-0.3, -0.25) is 24.7 Å². The molecule has 2 unspecified atom stereocenters. The maximum absolute atomic E-state index is 11.3. The number of carbonyl (C=O) groups excluding carboxylic acids is 1. The third-order valence-corrected chi connectivity index (χ3v) is 4.78. The van der Waals surface area contributed by atoms with E-state index in [2.05, 4.69) is 32.6 Å². The molecule has 2 atom stereocenters. The first-order valence-corrected chi connectivity index (χ1v) is 7.52. The van der Waals surface area contributed by atoms with Gasteiger partial charge in [0, 0.05) is 25.2 Å². The van der Waals surface area contributed by atoms with Gasteiger partial charge in [-0.1, -0.05) is 5.21 Å². The van der Waals surface area contributed by atoms with Crippen molar-refractivity contribution in [2.24, 2.45) is 5.84 Å². The second-order valence-corrected chi connectivity index (χ2v) is 5.98. The fraction of sp³-hybridized carbons (Fsp3) is 0.769. The summed E-state index contributed by atoms with van der Waals surface area (Å²) in [6, 6.07) is 1.44. The molecule has 8 nitrogen and oxygen atoms in total. The molecule has 3 N–H and O–H groups in total. The third kappa shape index (κ3) is 3.07. The molecule has 3 rings (SSSR count). The number of hydrogen-bond acceptors (Lipinski definition) is 6. The lowest BCUT2D eigenvalue weighted by Gasteiger charge is -2.25. The molecule has 116 valence electrons. The molecule has 2 fully saturated rings. The molecular weight excluding hydrogens is 270 g/mol. The largest absolute Gasteiger partial charge is 0.300 e. The quantitative estimate of drug-likeness (QED) is 0.422. The molecule has 0 spiro atoms. The van der Waals surface area contributed by atoms with Gasteiger partial charge in [-0.25, -0.2) is 5.84 Å². The molecule has 0 aliphatic carbocycles.